The summed E-state index contributed by atoms with van der Waals surface area (Å²) in [5.74, 6) is 0.0277. The molecule has 2 N–H and O–H groups in total. The molecule has 0 saturated heterocycles. The van der Waals surface area contributed by atoms with Crippen molar-refractivity contribution in [3.63, 3.8) is 0 Å². The Kier molecular flexibility index (Phi) is 4.35. The highest BCUT2D eigenvalue weighted by atomic mass is 35.5. The van der Waals surface area contributed by atoms with Gasteiger partial charge in [-0.1, -0.05) is 29.8 Å². The normalized spacial score (nSPS) is 12.2. The first-order chi connectivity index (χ1) is 9.13. The minimum Gasteiger partial charge on any atom is -0.481 e. The van der Waals surface area contributed by atoms with E-state index in [1.807, 2.05) is 6.07 Å². The fourth-order valence-electron chi connectivity index (χ4n) is 1.91. The van der Waals surface area contributed by atoms with Crippen LogP contribution in [0.2, 0.25) is 5.02 Å². The highest BCUT2D eigenvalue weighted by Crippen LogP contribution is 2.26. The first-order valence-electron chi connectivity index (χ1n) is 5.81. The number of hydrogen-bond donors (Lipinski definition) is 1. The van der Waals surface area contributed by atoms with Crippen LogP contribution in [0.25, 0.3) is 0 Å². The summed E-state index contributed by atoms with van der Waals surface area (Å²) in [6.07, 6.45) is 1.95. The smallest absolute Gasteiger partial charge is 0.217 e. The summed E-state index contributed by atoms with van der Waals surface area (Å²) in [5.41, 5.74) is 7.31. The van der Waals surface area contributed by atoms with Crippen molar-refractivity contribution >= 4 is 11.6 Å². The molecule has 1 aromatic carbocycles. The molecular weight excluding hydrogens is 267 g/mol. The molecule has 5 heteroatoms. The summed E-state index contributed by atoms with van der Waals surface area (Å²) in [7, 11) is 1.53. The molecule has 0 aliphatic heterocycles. The average Bonchev–Trinajstić information content (AvgIpc) is 2.43. The van der Waals surface area contributed by atoms with Gasteiger partial charge in [0.15, 0.2) is 0 Å². The first kappa shape index (κ1) is 13.8. The first-order valence-corrected chi connectivity index (χ1v) is 6.18. The second-order valence-electron chi connectivity index (χ2n) is 4.13. The number of rotatable bonds is 4. The Morgan fingerprint density at radius 3 is 2.89 bits per heavy atom. The zero-order valence-corrected chi connectivity index (χ0v) is 11.2. The van der Waals surface area contributed by atoms with Crippen molar-refractivity contribution in [3.8, 4) is 5.88 Å². The van der Waals surface area contributed by atoms with Crippen LogP contribution in [-0.4, -0.2) is 12.1 Å². The third kappa shape index (κ3) is 3.03. The lowest BCUT2D eigenvalue weighted by atomic mass is 10.0. The molecule has 0 saturated carbocycles. The van der Waals surface area contributed by atoms with E-state index in [1.54, 1.807) is 24.4 Å². The minimum atomic E-state index is -0.428. The van der Waals surface area contributed by atoms with Crippen LogP contribution in [0.15, 0.2) is 36.5 Å². The van der Waals surface area contributed by atoms with Gasteiger partial charge in [-0.05, 0) is 24.1 Å². The van der Waals surface area contributed by atoms with Gasteiger partial charge in [0.25, 0.3) is 0 Å². The maximum absolute atomic E-state index is 13.8. The van der Waals surface area contributed by atoms with E-state index >= 15 is 0 Å². The largest absolute Gasteiger partial charge is 0.481 e. The number of methoxy groups -OCH3 is 1. The predicted octanol–water partition coefficient (Wildman–Crippen LogP) is 3.13. The zero-order valence-electron chi connectivity index (χ0n) is 10.4. The number of ether oxygens (including phenoxy) is 1. The molecule has 1 unspecified atom stereocenters. The van der Waals surface area contributed by atoms with Crippen LogP contribution >= 0.6 is 11.6 Å². The van der Waals surface area contributed by atoms with Crippen LogP contribution in [0.4, 0.5) is 4.39 Å². The summed E-state index contributed by atoms with van der Waals surface area (Å²) < 4.78 is 19.0. The molecule has 0 aliphatic carbocycles. The standard InChI is InChI=1S/C14H14ClFN2O/c1-19-14-10(5-3-7-18-14)12(17)8-9-4-2-6-11(15)13(9)16/h2-7,12H,8,17H2,1H3. The van der Waals surface area contributed by atoms with E-state index in [0.717, 1.165) is 5.56 Å². The van der Waals surface area contributed by atoms with Crippen molar-refractivity contribution < 1.29 is 9.13 Å². The monoisotopic (exact) mass is 280 g/mol. The molecule has 19 heavy (non-hydrogen) atoms. The highest BCUT2D eigenvalue weighted by molar-refractivity contribution is 6.30. The minimum absolute atomic E-state index is 0.0999. The lowest BCUT2D eigenvalue weighted by Gasteiger charge is -2.15. The molecule has 1 aromatic heterocycles. The van der Waals surface area contributed by atoms with Gasteiger partial charge in [0.2, 0.25) is 5.88 Å². The highest BCUT2D eigenvalue weighted by Gasteiger charge is 2.16. The van der Waals surface area contributed by atoms with Gasteiger partial charge in [0, 0.05) is 17.8 Å². The van der Waals surface area contributed by atoms with E-state index in [-0.39, 0.29) is 5.02 Å². The van der Waals surface area contributed by atoms with E-state index in [2.05, 4.69) is 4.98 Å². The van der Waals surface area contributed by atoms with Crippen molar-refractivity contribution in [1.29, 1.82) is 0 Å². The summed E-state index contributed by atoms with van der Waals surface area (Å²) in [6, 6.07) is 8.07. The number of halogens is 2. The van der Waals surface area contributed by atoms with Crippen LogP contribution < -0.4 is 10.5 Å². The Morgan fingerprint density at radius 2 is 2.16 bits per heavy atom. The third-order valence-electron chi connectivity index (χ3n) is 2.86. The molecule has 0 fully saturated rings. The fraction of sp³-hybridized carbons (Fsp3) is 0.214. The van der Waals surface area contributed by atoms with Gasteiger partial charge in [0.1, 0.15) is 5.82 Å². The van der Waals surface area contributed by atoms with Gasteiger partial charge in [-0.2, -0.15) is 0 Å². The summed E-state index contributed by atoms with van der Waals surface area (Å²) in [4.78, 5) is 4.08. The molecule has 0 spiro atoms. The van der Waals surface area contributed by atoms with E-state index in [1.165, 1.54) is 13.2 Å². The van der Waals surface area contributed by atoms with Crippen LogP contribution in [0.1, 0.15) is 17.2 Å². The van der Waals surface area contributed by atoms with Crippen molar-refractivity contribution in [2.45, 2.75) is 12.5 Å². The van der Waals surface area contributed by atoms with Gasteiger partial charge in [-0.15, -0.1) is 0 Å². The lowest BCUT2D eigenvalue weighted by Crippen LogP contribution is -2.15. The fourth-order valence-corrected chi connectivity index (χ4v) is 2.10. The summed E-state index contributed by atoms with van der Waals surface area (Å²) >= 11 is 5.75. The van der Waals surface area contributed by atoms with Crippen LogP contribution in [0.5, 0.6) is 5.88 Å². The summed E-state index contributed by atoms with van der Waals surface area (Å²) in [6.45, 7) is 0. The molecule has 100 valence electrons. The van der Waals surface area contributed by atoms with Crippen molar-refractivity contribution in [1.82, 2.24) is 4.98 Å². The van der Waals surface area contributed by atoms with Gasteiger partial charge < -0.3 is 10.5 Å². The Hall–Kier alpha value is -1.65. The van der Waals surface area contributed by atoms with E-state index in [0.29, 0.717) is 17.9 Å². The maximum Gasteiger partial charge on any atom is 0.217 e. The quantitative estimate of drug-likeness (QED) is 0.936. The number of nitrogens with two attached hydrogens (primary N) is 1. The number of aromatic nitrogens is 1. The van der Waals surface area contributed by atoms with Gasteiger partial charge in [-0.3, -0.25) is 0 Å². The molecule has 0 amide bonds. The van der Waals surface area contributed by atoms with Crippen LogP contribution in [-0.2, 0) is 6.42 Å². The van der Waals surface area contributed by atoms with Gasteiger partial charge >= 0.3 is 0 Å². The number of nitrogens with zero attached hydrogens (tertiary/aromatic N) is 1. The van der Waals surface area contributed by atoms with Gasteiger partial charge in [-0.25, -0.2) is 9.37 Å². The predicted molar refractivity (Wildman–Crippen MR) is 72.8 cm³/mol. The van der Waals surface area contributed by atoms with Crippen molar-refractivity contribution in [3.05, 3.63) is 58.5 Å². The van der Waals surface area contributed by atoms with E-state index in [4.69, 9.17) is 22.1 Å². The second-order valence-corrected chi connectivity index (χ2v) is 4.53. The Bertz CT molecular complexity index is 577. The van der Waals surface area contributed by atoms with E-state index < -0.39 is 11.9 Å². The van der Waals surface area contributed by atoms with Crippen LogP contribution in [0, 0.1) is 5.82 Å². The molecule has 3 nitrogen and oxygen atoms in total. The second kappa shape index (κ2) is 5.99. The topological polar surface area (TPSA) is 48.1 Å². The Morgan fingerprint density at radius 1 is 1.37 bits per heavy atom. The Labute approximate surface area is 116 Å². The van der Waals surface area contributed by atoms with Gasteiger partial charge in [0.05, 0.1) is 12.1 Å². The molecular formula is C14H14ClFN2O. The zero-order chi connectivity index (χ0) is 13.8. The Balaban J connectivity index is 2.26. The molecule has 0 aliphatic rings. The lowest BCUT2D eigenvalue weighted by molar-refractivity contribution is 0.388. The third-order valence-corrected chi connectivity index (χ3v) is 3.16. The molecule has 1 heterocycles. The molecule has 2 aromatic rings. The maximum atomic E-state index is 13.8. The van der Waals surface area contributed by atoms with Crippen molar-refractivity contribution in [2.75, 3.05) is 7.11 Å². The number of pyridine rings is 1. The summed E-state index contributed by atoms with van der Waals surface area (Å²) in [5, 5.41) is 0.0999. The molecule has 0 bridgehead atoms. The van der Waals surface area contributed by atoms with Crippen molar-refractivity contribution in [2.24, 2.45) is 5.73 Å². The number of hydrogen-bond acceptors (Lipinski definition) is 3. The molecule has 1 atom stereocenters. The van der Waals surface area contributed by atoms with Crippen LogP contribution in [0.3, 0.4) is 0 Å². The molecule has 0 radical (unpaired) electrons. The van der Waals surface area contributed by atoms with E-state index in [9.17, 15) is 4.39 Å². The molecule has 2 rings (SSSR count). The average molecular weight is 281 g/mol. The SMILES string of the molecule is COc1ncccc1C(N)Cc1cccc(Cl)c1F. The number of benzene rings is 1.